The molecule has 0 bridgehead atoms. The fourth-order valence-electron chi connectivity index (χ4n) is 3.08. The summed E-state index contributed by atoms with van der Waals surface area (Å²) in [5.41, 5.74) is -0.143. The van der Waals surface area contributed by atoms with Crippen LogP contribution in [0.25, 0.3) is 23.2 Å². The van der Waals surface area contributed by atoms with E-state index in [-0.39, 0.29) is 22.5 Å². The van der Waals surface area contributed by atoms with Crippen LogP contribution in [0.15, 0.2) is 60.8 Å². The largest absolute Gasteiger partial charge is 0.417 e. The van der Waals surface area contributed by atoms with Gasteiger partial charge in [0.15, 0.2) is 0 Å². The van der Waals surface area contributed by atoms with E-state index in [0.29, 0.717) is 5.69 Å². The molecule has 6 heteroatoms. The average molecular weight is 428 g/mol. The SMILES string of the molecule is CC(C)(C)/C=C/c1ccc(-n2cc(C(C)(C)O)nc2-c2ccccc2C(F)(F)F)cc1. The van der Waals surface area contributed by atoms with Crippen molar-refractivity contribution < 1.29 is 18.3 Å². The Morgan fingerprint density at radius 2 is 1.52 bits per heavy atom. The molecule has 0 aliphatic rings. The van der Waals surface area contributed by atoms with Crippen LogP contribution in [0, 0.1) is 5.41 Å². The van der Waals surface area contributed by atoms with Crippen molar-refractivity contribution in [3.05, 3.63) is 77.6 Å². The molecule has 0 fully saturated rings. The zero-order valence-corrected chi connectivity index (χ0v) is 18.3. The predicted molar refractivity (Wildman–Crippen MR) is 118 cm³/mol. The molecule has 0 spiro atoms. The third-order valence-corrected chi connectivity index (χ3v) is 4.75. The maximum absolute atomic E-state index is 13.6. The number of alkyl halides is 3. The molecule has 3 nitrogen and oxygen atoms in total. The highest BCUT2D eigenvalue weighted by atomic mass is 19.4. The molecule has 2 aromatic carbocycles. The van der Waals surface area contributed by atoms with E-state index in [0.717, 1.165) is 11.6 Å². The molecule has 0 amide bonds. The van der Waals surface area contributed by atoms with Crippen molar-refractivity contribution in [2.45, 2.75) is 46.4 Å². The van der Waals surface area contributed by atoms with Crippen molar-refractivity contribution in [1.29, 1.82) is 0 Å². The highest BCUT2D eigenvalue weighted by Crippen LogP contribution is 2.38. The van der Waals surface area contributed by atoms with E-state index in [2.05, 4.69) is 31.8 Å². The number of imidazole rings is 1. The van der Waals surface area contributed by atoms with E-state index in [9.17, 15) is 18.3 Å². The van der Waals surface area contributed by atoms with Crippen LogP contribution in [0.2, 0.25) is 0 Å². The molecule has 1 aromatic heterocycles. The van der Waals surface area contributed by atoms with Gasteiger partial charge in [0.2, 0.25) is 0 Å². The fourth-order valence-corrected chi connectivity index (χ4v) is 3.08. The Bertz CT molecular complexity index is 1080. The third-order valence-electron chi connectivity index (χ3n) is 4.75. The first-order chi connectivity index (χ1) is 14.3. The quantitative estimate of drug-likeness (QED) is 0.494. The molecule has 1 N–H and O–H groups in total. The van der Waals surface area contributed by atoms with Crippen molar-refractivity contribution in [1.82, 2.24) is 9.55 Å². The van der Waals surface area contributed by atoms with E-state index in [1.54, 1.807) is 30.7 Å². The Morgan fingerprint density at radius 1 is 0.903 bits per heavy atom. The van der Waals surface area contributed by atoms with Gasteiger partial charge in [-0.1, -0.05) is 63.3 Å². The van der Waals surface area contributed by atoms with E-state index in [4.69, 9.17) is 0 Å². The van der Waals surface area contributed by atoms with Crippen molar-refractivity contribution >= 4 is 6.08 Å². The third kappa shape index (κ3) is 5.44. The van der Waals surface area contributed by atoms with Gasteiger partial charge in [-0.05, 0) is 43.0 Å². The van der Waals surface area contributed by atoms with Gasteiger partial charge in [0, 0.05) is 17.4 Å². The molecule has 0 aliphatic heterocycles. The first kappa shape index (κ1) is 22.8. The number of allylic oxidation sites excluding steroid dienone is 1. The molecule has 0 saturated carbocycles. The number of rotatable bonds is 4. The predicted octanol–water partition coefficient (Wildman–Crippen LogP) is 6.84. The number of hydrogen-bond donors (Lipinski definition) is 1. The minimum Gasteiger partial charge on any atom is -0.384 e. The number of nitrogens with zero attached hydrogens (tertiary/aromatic N) is 2. The van der Waals surface area contributed by atoms with E-state index in [1.165, 1.54) is 12.1 Å². The number of hydrogen-bond acceptors (Lipinski definition) is 2. The Hall–Kier alpha value is -2.86. The summed E-state index contributed by atoms with van der Waals surface area (Å²) in [5, 5.41) is 10.4. The van der Waals surface area contributed by atoms with Gasteiger partial charge >= 0.3 is 6.18 Å². The van der Waals surface area contributed by atoms with Gasteiger partial charge in [0.25, 0.3) is 0 Å². The minimum absolute atomic E-state index is 0.0396. The summed E-state index contributed by atoms with van der Waals surface area (Å²) in [7, 11) is 0. The molecule has 164 valence electrons. The van der Waals surface area contributed by atoms with Gasteiger partial charge in [-0.2, -0.15) is 13.2 Å². The maximum atomic E-state index is 13.6. The van der Waals surface area contributed by atoms with Crippen LogP contribution in [0.4, 0.5) is 13.2 Å². The molecule has 31 heavy (non-hydrogen) atoms. The maximum Gasteiger partial charge on any atom is 0.417 e. The van der Waals surface area contributed by atoms with Gasteiger partial charge < -0.3 is 5.11 Å². The normalized spacial score (nSPS) is 13.2. The number of aromatic nitrogens is 2. The molecule has 3 rings (SSSR count). The second-order valence-electron chi connectivity index (χ2n) is 9.21. The Balaban J connectivity index is 2.14. The fraction of sp³-hybridized carbons (Fsp3) is 0.320. The number of halogens is 3. The number of aliphatic hydroxyl groups is 1. The molecule has 0 unspecified atom stereocenters. The minimum atomic E-state index is -4.52. The molecule has 0 saturated heterocycles. The first-order valence-electron chi connectivity index (χ1n) is 10.0. The van der Waals surface area contributed by atoms with Crippen molar-refractivity contribution in [2.24, 2.45) is 5.41 Å². The number of benzene rings is 2. The Morgan fingerprint density at radius 3 is 2.06 bits per heavy atom. The van der Waals surface area contributed by atoms with Crippen LogP contribution >= 0.6 is 0 Å². The summed E-state index contributed by atoms with van der Waals surface area (Å²) in [6.45, 7) is 9.42. The standard InChI is InChI=1S/C25H27F3N2O/c1-23(2,3)15-14-17-10-12-18(13-11-17)30-16-21(24(4,5)31)29-22(30)19-8-6-7-9-20(19)25(26,27)28/h6-16,31H,1-5H3/b15-14+. The van der Waals surface area contributed by atoms with Gasteiger partial charge in [-0.25, -0.2) is 4.98 Å². The summed E-state index contributed by atoms with van der Waals surface area (Å²) < 4.78 is 42.5. The first-order valence-corrected chi connectivity index (χ1v) is 10.0. The summed E-state index contributed by atoms with van der Waals surface area (Å²) in [5.74, 6) is 0.128. The summed E-state index contributed by atoms with van der Waals surface area (Å²) in [6, 6.07) is 12.8. The van der Waals surface area contributed by atoms with Gasteiger partial charge in [-0.3, -0.25) is 4.57 Å². The van der Waals surface area contributed by atoms with Crippen molar-refractivity contribution in [3.63, 3.8) is 0 Å². The van der Waals surface area contributed by atoms with Crippen LogP contribution in [-0.4, -0.2) is 14.7 Å². The summed E-state index contributed by atoms with van der Waals surface area (Å²) in [4.78, 5) is 4.39. The smallest absolute Gasteiger partial charge is 0.384 e. The topological polar surface area (TPSA) is 38.0 Å². The summed E-state index contributed by atoms with van der Waals surface area (Å²) >= 11 is 0. The van der Waals surface area contributed by atoms with E-state index in [1.807, 2.05) is 30.3 Å². The van der Waals surface area contributed by atoms with Crippen LogP contribution in [0.3, 0.4) is 0 Å². The zero-order chi connectivity index (χ0) is 23.0. The monoisotopic (exact) mass is 428 g/mol. The van der Waals surface area contributed by atoms with Crippen molar-refractivity contribution in [3.8, 4) is 17.1 Å². The van der Waals surface area contributed by atoms with Crippen LogP contribution in [0.1, 0.15) is 51.4 Å². The highest BCUT2D eigenvalue weighted by molar-refractivity contribution is 5.65. The highest BCUT2D eigenvalue weighted by Gasteiger charge is 2.35. The molecular weight excluding hydrogens is 401 g/mol. The molecule has 0 aliphatic carbocycles. The van der Waals surface area contributed by atoms with Crippen LogP contribution in [-0.2, 0) is 11.8 Å². The molecule has 3 aromatic rings. The van der Waals surface area contributed by atoms with Crippen molar-refractivity contribution in [2.75, 3.05) is 0 Å². The Kier molecular flexibility index (Phi) is 5.89. The lowest BCUT2D eigenvalue weighted by Crippen LogP contribution is -2.15. The molecule has 0 atom stereocenters. The lowest BCUT2D eigenvalue weighted by atomic mass is 9.95. The van der Waals surface area contributed by atoms with E-state index < -0.39 is 17.3 Å². The van der Waals surface area contributed by atoms with Gasteiger partial charge in [0.1, 0.15) is 11.4 Å². The van der Waals surface area contributed by atoms with Gasteiger partial charge in [0.05, 0.1) is 11.3 Å². The second kappa shape index (κ2) is 8.00. The molecule has 1 heterocycles. The average Bonchev–Trinajstić information content (AvgIpc) is 3.11. The van der Waals surface area contributed by atoms with E-state index >= 15 is 0 Å². The van der Waals surface area contributed by atoms with Crippen LogP contribution < -0.4 is 0 Å². The zero-order valence-electron chi connectivity index (χ0n) is 18.3. The Labute approximate surface area is 180 Å². The lowest BCUT2D eigenvalue weighted by molar-refractivity contribution is -0.137. The second-order valence-corrected chi connectivity index (χ2v) is 9.21. The molecule has 0 radical (unpaired) electrons. The van der Waals surface area contributed by atoms with Crippen LogP contribution in [0.5, 0.6) is 0 Å². The molecular formula is C25H27F3N2O. The lowest BCUT2D eigenvalue weighted by Gasteiger charge is -2.14. The van der Waals surface area contributed by atoms with Gasteiger partial charge in [-0.15, -0.1) is 0 Å². The summed E-state index contributed by atoms with van der Waals surface area (Å²) in [6.07, 6.45) is 1.17.